The summed E-state index contributed by atoms with van der Waals surface area (Å²) >= 11 is 14.4. The normalized spacial score (nSPS) is 20.8. The van der Waals surface area contributed by atoms with Crippen LogP contribution in [0.3, 0.4) is 0 Å². The zero-order valence-electron chi connectivity index (χ0n) is 37.4. The third kappa shape index (κ3) is 12.4. The van der Waals surface area contributed by atoms with Gasteiger partial charge in [0.1, 0.15) is 28.0 Å². The van der Waals surface area contributed by atoms with E-state index in [1.807, 2.05) is 47.4 Å². The zero-order valence-corrected chi connectivity index (χ0v) is 39.7. The Kier molecular flexibility index (Phi) is 15.4. The molecule has 4 aromatic carbocycles. The maximum Gasteiger partial charge on any atom is 0.408 e. The van der Waals surface area contributed by atoms with Gasteiger partial charge in [-0.25, -0.2) is 14.4 Å². The number of amides is 1. The zero-order chi connectivity index (χ0) is 48.0. The van der Waals surface area contributed by atoms with Crippen molar-refractivity contribution in [1.29, 1.82) is 0 Å². The van der Waals surface area contributed by atoms with Crippen LogP contribution in [0.25, 0.3) is 0 Å². The van der Waals surface area contributed by atoms with Gasteiger partial charge in [0.25, 0.3) is 0 Å². The Morgan fingerprint density at radius 1 is 0.841 bits per heavy atom. The Morgan fingerprint density at radius 3 is 2.32 bits per heavy atom. The van der Waals surface area contributed by atoms with Crippen LogP contribution in [0.1, 0.15) is 76.0 Å². The SMILES string of the molecule is O=C(N[C@@H](c1ccccc1)c1cccc(OC(=O)c2cccc(CN3CCS[C@H]3C(=O)O[C@@H](Cc3c(Cl)c[n+]([O-])cc3Cl)c3ccc(OC(F)F)c(OCC4CC4)c3)c2)c1)O[C@H]1CN2CCC1CC2. The molecule has 13 nitrogen and oxygen atoms in total. The van der Waals surface area contributed by atoms with Gasteiger partial charge in [-0.1, -0.05) is 83.9 Å². The summed E-state index contributed by atoms with van der Waals surface area (Å²) in [5, 5.41) is 14.5. The minimum absolute atomic E-state index is 0.0504. The smallest absolute Gasteiger partial charge is 0.408 e. The van der Waals surface area contributed by atoms with Gasteiger partial charge in [0.2, 0.25) is 0 Å². The molecule has 5 fully saturated rings. The fourth-order valence-corrected chi connectivity index (χ4v) is 10.8. The summed E-state index contributed by atoms with van der Waals surface area (Å²) in [5.74, 6) is 0.275. The van der Waals surface area contributed by atoms with E-state index in [4.69, 9.17) is 46.9 Å². The van der Waals surface area contributed by atoms with Gasteiger partial charge >= 0.3 is 24.6 Å². The monoisotopic (exact) mass is 1000 g/mol. The van der Waals surface area contributed by atoms with E-state index < -0.39 is 42.2 Å². The van der Waals surface area contributed by atoms with Crippen LogP contribution in [0.15, 0.2) is 109 Å². The molecule has 5 heterocycles. The van der Waals surface area contributed by atoms with E-state index in [9.17, 15) is 28.4 Å². The summed E-state index contributed by atoms with van der Waals surface area (Å²) in [7, 11) is 0. The molecule has 5 aromatic rings. The first kappa shape index (κ1) is 48.4. The van der Waals surface area contributed by atoms with Gasteiger partial charge in [0.05, 0.1) is 18.2 Å². The predicted octanol–water partition coefficient (Wildman–Crippen LogP) is 9.55. The molecule has 362 valence electrons. The van der Waals surface area contributed by atoms with E-state index >= 15 is 0 Å². The molecule has 0 unspecified atom stereocenters. The van der Waals surface area contributed by atoms with Gasteiger partial charge in [-0.05, 0) is 109 Å². The number of alkyl halides is 2. The van der Waals surface area contributed by atoms with E-state index in [1.54, 1.807) is 36.4 Å². The van der Waals surface area contributed by atoms with Crippen molar-refractivity contribution in [2.24, 2.45) is 11.8 Å². The maximum absolute atomic E-state index is 14.2. The average molecular weight is 1000 g/mol. The first-order valence-electron chi connectivity index (χ1n) is 22.9. The number of piperidine rings is 3. The van der Waals surface area contributed by atoms with E-state index in [1.165, 1.54) is 30.0 Å². The molecule has 1 saturated carbocycles. The van der Waals surface area contributed by atoms with Gasteiger partial charge in [0.15, 0.2) is 29.3 Å². The van der Waals surface area contributed by atoms with Crippen LogP contribution in [0.2, 0.25) is 10.0 Å². The van der Waals surface area contributed by atoms with Gasteiger partial charge in [-0.3, -0.25) is 9.80 Å². The molecule has 4 atom stereocenters. The van der Waals surface area contributed by atoms with Crippen molar-refractivity contribution in [1.82, 2.24) is 15.1 Å². The number of halogens is 4. The molecule has 4 aliphatic heterocycles. The second-order valence-electron chi connectivity index (χ2n) is 17.7. The number of pyridine rings is 1. The number of ether oxygens (including phenoxy) is 5. The molecular formula is C51H50Cl2F2N4O9S. The molecule has 69 heavy (non-hydrogen) atoms. The summed E-state index contributed by atoms with van der Waals surface area (Å²) in [6.45, 7) is 0.818. The Labute approximate surface area is 412 Å². The Bertz CT molecular complexity index is 2620. The van der Waals surface area contributed by atoms with E-state index in [0.29, 0.717) is 52.2 Å². The lowest BCUT2D eigenvalue weighted by atomic mass is 9.86. The lowest BCUT2D eigenvalue weighted by Crippen LogP contribution is -2.52. The highest BCUT2D eigenvalue weighted by atomic mass is 35.5. The molecule has 1 aliphatic carbocycles. The van der Waals surface area contributed by atoms with Crippen LogP contribution in [0, 0.1) is 17.0 Å². The Balaban J connectivity index is 0.882. The van der Waals surface area contributed by atoms with E-state index in [0.717, 1.165) is 68.8 Å². The van der Waals surface area contributed by atoms with Crippen LogP contribution in [-0.4, -0.2) is 84.5 Å². The van der Waals surface area contributed by atoms with Crippen molar-refractivity contribution < 1.29 is 51.6 Å². The third-order valence-electron chi connectivity index (χ3n) is 12.8. The number of benzene rings is 4. The quantitative estimate of drug-likeness (QED) is 0.0387. The van der Waals surface area contributed by atoms with Gasteiger partial charge < -0.3 is 34.2 Å². The van der Waals surface area contributed by atoms with Crippen molar-refractivity contribution in [3.05, 3.63) is 158 Å². The molecule has 5 aliphatic rings. The minimum Gasteiger partial charge on any atom is -0.619 e. The molecule has 1 amide bonds. The van der Waals surface area contributed by atoms with E-state index in [-0.39, 0.29) is 51.9 Å². The summed E-state index contributed by atoms with van der Waals surface area (Å²) in [4.78, 5) is 45.6. The molecule has 1 aromatic heterocycles. The second-order valence-corrected chi connectivity index (χ2v) is 19.7. The van der Waals surface area contributed by atoms with Crippen LogP contribution in [0.5, 0.6) is 17.2 Å². The Hall–Kier alpha value is -5.65. The third-order valence-corrected chi connectivity index (χ3v) is 14.7. The van der Waals surface area contributed by atoms with Crippen molar-refractivity contribution in [3.8, 4) is 17.2 Å². The standard InChI is InChI=1S/C51H50Cl2F2N4O9S/c52-40-27-59(63)28-41(53)39(40)25-43(35-14-15-42(67-50(54)55)44(24-35)64-30-31-12-13-31)66-49(61)47-58(20-21-69-47)26-32-6-4-10-37(22-32)48(60)65-38-11-5-9-36(23-38)46(34-7-2-1-3-8-34)56-51(62)68-45-29-57-18-16-33(45)17-19-57/h1-11,14-15,22-24,27-28,31,33,43,45-47,50H,12-13,16-21,25-26,29-30H2,(H,56,62)/t43-,45-,46-,47-/m0/s1. The number of alkyl carbamates (subject to hydrolysis) is 1. The molecule has 18 heteroatoms. The molecule has 1 N–H and O–H groups in total. The Morgan fingerprint density at radius 2 is 1.59 bits per heavy atom. The van der Waals surface area contributed by atoms with Gasteiger partial charge in [0, 0.05) is 37.4 Å². The molecule has 10 rings (SSSR count). The summed E-state index contributed by atoms with van der Waals surface area (Å²) in [5.41, 5.74) is 3.31. The highest BCUT2D eigenvalue weighted by Crippen LogP contribution is 2.39. The number of rotatable bonds is 18. The van der Waals surface area contributed by atoms with Crippen LogP contribution < -0.4 is 24.3 Å². The highest BCUT2D eigenvalue weighted by Gasteiger charge is 2.38. The summed E-state index contributed by atoms with van der Waals surface area (Å²) in [6.07, 6.45) is 4.46. The van der Waals surface area contributed by atoms with Crippen molar-refractivity contribution in [3.63, 3.8) is 0 Å². The number of hydrogen-bond acceptors (Lipinski definition) is 12. The van der Waals surface area contributed by atoms with Crippen molar-refractivity contribution >= 4 is 53.0 Å². The number of esters is 2. The van der Waals surface area contributed by atoms with E-state index in [2.05, 4.69) is 10.2 Å². The number of nitrogens with one attached hydrogen (secondary N) is 1. The topological polar surface area (TPSA) is 143 Å². The first-order valence-corrected chi connectivity index (χ1v) is 24.7. The van der Waals surface area contributed by atoms with Crippen molar-refractivity contribution in [2.75, 3.05) is 38.5 Å². The predicted molar refractivity (Wildman–Crippen MR) is 255 cm³/mol. The van der Waals surface area contributed by atoms with Crippen molar-refractivity contribution in [2.45, 2.75) is 68.9 Å². The first-order chi connectivity index (χ1) is 33.4. The summed E-state index contributed by atoms with van der Waals surface area (Å²) in [6, 6.07) is 27.3. The lowest BCUT2D eigenvalue weighted by molar-refractivity contribution is -0.605. The molecule has 0 radical (unpaired) electrons. The number of thioether (sulfide) groups is 1. The summed E-state index contributed by atoms with van der Waals surface area (Å²) < 4.78 is 56.1. The van der Waals surface area contributed by atoms with Gasteiger partial charge in [-0.15, -0.1) is 11.8 Å². The van der Waals surface area contributed by atoms with Gasteiger partial charge in [-0.2, -0.15) is 13.5 Å². The van der Waals surface area contributed by atoms with Crippen LogP contribution in [0.4, 0.5) is 13.6 Å². The number of nitrogens with zero attached hydrogens (tertiary/aromatic N) is 3. The lowest BCUT2D eigenvalue weighted by Gasteiger charge is -2.43. The second kappa shape index (κ2) is 22.0. The van der Waals surface area contributed by atoms with Crippen LogP contribution in [-0.2, 0) is 27.2 Å². The molecule has 4 saturated heterocycles. The fraction of sp³-hybridized carbons (Fsp3) is 0.373. The average Bonchev–Trinajstić information content (AvgIpc) is 4.06. The molecule has 2 bridgehead atoms. The maximum atomic E-state index is 14.2. The number of carbonyl (C=O) groups excluding carboxylic acids is 3. The minimum atomic E-state index is -3.09. The molecular weight excluding hydrogens is 954 g/mol. The number of aromatic nitrogens is 1. The fourth-order valence-electron chi connectivity index (χ4n) is 9.04. The number of fused-ring (bicyclic) bond motifs is 3. The number of hydrogen-bond donors (Lipinski definition) is 1. The van der Waals surface area contributed by atoms with Crippen LogP contribution >= 0.6 is 35.0 Å². The largest absolute Gasteiger partial charge is 0.619 e. The molecule has 0 spiro atoms. The number of carbonyl (C=O) groups is 3. The highest BCUT2D eigenvalue weighted by molar-refractivity contribution is 8.00.